The number of pyridine rings is 1. The van der Waals surface area contributed by atoms with Crippen LogP contribution in [0.3, 0.4) is 0 Å². The molecule has 142 valence electrons. The van der Waals surface area contributed by atoms with Crippen LogP contribution in [-0.2, 0) is 0 Å². The Labute approximate surface area is 166 Å². The molecule has 0 atom stereocenters. The average molecular weight is 397 g/mol. The molecule has 1 aromatic heterocycles. The van der Waals surface area contributed by atoms with E-state index in [1.165, 1.54) is 12.1 Å². The standard InChI is InChI=1S/C22H18ClFN2O2/c23-15-3-1-14(2-4-15)21(27)26-12-22(13-26)10-17(11-22)28-20-7-8-25-19-6-5-16(24)9-18(19)20/h1-9,17H,10-13H2. The Morgan fingerprint density at radius 1 is 1.14 bits per heavy atom. The maximum Gasteiger partial charge on any atom is 0.253 e. The second kappa shape index (κ2) is 6.45. The van der Waals surface area contributed by atoms with Gasteiger partial charge in [-0.15, -0.1) is 0 Å². The third-order valence-electron chi connectivity index (χ3n) is 5.71. The number of benzene rings is 2. The molecule has 0 N–H and O–H groups in total. The van der Waals surface area contributed by atoms with Crippen molar-refractivity contribution in [3.8, 4) is 5.75 Å². The van der Waals surface area contributed by atoms with Crippen LogP contribution in [0.4, 0.5) is 4.39 Å². The van der Waals surface area contributed by atoms with Gasteiger partial charge < -0.3 is 9.64 Å². The van der Waals surface area contributed by atoms with E-state index in [4.69, 9.17) is 16.3 Å². The number of aromatic nitrogens is 1. The lowest BCUT2D eigenvalue weighted by atomic mass is 9.61. The van der Waals surface area contributed by atoms with Crippen molar-refractivity contribution < 1.29 is 13.9 Å². The lowest BCUT2D eigenvalue weighted by Gasteiger charge is -2.58. The van der Waals surface area contributed by atoms with Gasteiger partial charge in [-0.1, -0.05) is 11.6 Å². The summed E-state index contributed by atoms with van der Waals surface area (Å²) in [4.78, 5) is 18.7. The summed E-state index contributed by atoms with van der Waals surface area (Å²) in [7, 11) is 0. The second-order valence-corrected chi connectivity index (χ2v) is 8.22. The van der Waals surface area contributed by atoms with E-state index in [-0.39, 0.29) is 23.2 Å². The number of carbonyl (C=O) groups excluding carboxylic acids is 1. The minimum Gasteiger partial charge on any atom is -0.490 e. The van der Waals surface area contributed by atoms with Crippen LogP contribution in [-0.4, -0.2) is 35.0 Å². The molecule has 1 saturated carbocycles. The van der Waals surface area contributed by atoms with E-state index in [2.05, 4.69) is 4.98 Å². The van der Waals surface area contributed by atoms with Gasteiger partial charge in [0.25, 0.3) is 5.91 Å². The highest BCUT2D eigenvalue weighted by Gasteiger charge is 2.54. The van der Waals surface area contributed by atoms with Crippen LogP contribution in [0.2, 0.25) is 5.02 Å². The number of rotatable bonds is 3. The first-order valence-electron chi connectivity index (χ1n) is 9.27. The zero-order chi connectivity index (χ0) is 19.3. The molecule has 1 spiro atoms. The summed E-state index contributed by atoms with van der Waals surface area (Å²) < 4.78 is 19.7. The van der Waals surface area contributed by atoms with Crippen molar-refractivity contribution in [1.29, 1.82) is 0 Å². The smallest absolute Gasteiger partial charge is 0.253 e. The third kappa shape index (κ3) is 3.00. The third-order valence-corrected chi connectivity index (χ3v) is 5.96. The topological polar surface area (TPSA) is 42.4 Å². The number of amides is 1. The lowest BCUT2D eigenvalue weighted by molar-refractivity contribution is -0.103. The van der Waals surface area contributed by atoms with Crippen molar-refractivity contribution in [2.45, 2.75) is 18.9 Å². The molecular formula is C22H18ClFN2O2. The van der Waals surface area contributed by atoms with Gasteiger partial charge in [-0.05, 0) is 61.4 Å². The minimum absolute atomic E-state index is 0.0438. The predicted octanol–water partition coefficient (Wildman–Crippen LogP) is 4.71. The molecule has 1 aliphatic carbocycles. The van der Waals surface area contributed by atoms with Gasteiger partial charge in [-0.25, -0.2) is 4.39 Å². The van der Waals surface area contributed by atoms with Crippen molar-refractivity contribution in [1.82, 2.24) is 9.88 Å². The molecule has 1 saturated heterocycles. The van der Waals surface area contributed by atoms with Crippen molar-refractivity contribution >= 4 is 28.4 Å². The van der Waals surface area contributed by atoms with Gasteiger partial charge in [0.05, 0.1) is 5.52 Å². The fraction of sp³-hybridized carbons (Fsp3) is 0.273. The maximum absolute atomic E-state index is 13.6. The lowest BCUT2D eigenvalue weighted by Crippen LogP contribution is -2.65. The quantitative estimate of drug-likeness (QED) is 0.643. The Morgan fingerprint density at radius 2 is 1.89 bits per heavy atom. The maximum atomic E-state index is 13.6. The van der Waals surface area contributed by atoms with Crippen LogP contribution in [0, 0.1) is 11.2 Å². The summed E-state index contributed by atoms with van der Waals surface area (Å²) >= 11 is 5.88. The Balaban J connectivity index is 1.21. The summed E-state index contributed by atoms with van der Waals surface area (Å²) in [5.74, 6) is 0.408. The van der Waals surface area contributed by atoms with E-state index in [0.29, 0.717) is 21.7 Å². The van der Waals surface area contributed by atoms with E-state index < -0.39 is 0 Å². The van der Waals surface area contributed by atoms with Crippen molar-refractivity contribution in [2.75, 3.05) is 13.1 Å². The van der Waals surface area contributed by atoms with Gasteiger partial charge in [0.2, 0.25) is 0 Å². The van der Waals surface area contributed by atoms with Crippen LogP contribution >= 0.6 is 11.6 Å². The first kappa shape index (κ1) is 17.4. The van der Waals surface area contributed by atoms with Crippen LogP contribution < -0.4 is 4.74 Å². The van der Waals surface area contributed by atoms with Gasteiger partial charge in [0.1, 0.15) is 17.7 Å². The zero-order valence-electron chi connectivity index (χ0n) is 15.1. The van der Waals surface area contributed by atoms with Crippen LogP contribution in [0.1, 0.15) is 23.2 Å². The Hall–Kier alpha value is -2.66. The first-order valence-corrected chi connectivity index (χ1v) is 9.65. The normalized spacial score (nSPS) is 18.0. The number of carbonyl (C=O) groups is 1. The molecule has 1 amide bonds. The number of likely N-dealkylation sites (tertiary alicyclic amines) is 1. The van der Waals surface area contributed by atoms with Crippen molar-refractivity contribution in [3.05, 3.63) is 71.1 Å². The largest absolute Gasteiger partial charge is 0.490 e. The number of nitrogens with zero attached hydrogens (tertiary/aromatic N) is 2. The molecule has 5 rings (SSSR count). The molecule has 3 aromatic rings. The van der Waals surface area contributed by atoms with E-state index in [0.717, 1.165) is 31.4 Å². The Bertz CT molecular complexity index is 1060. The van der Waals surface area contributed by atoms with Gasteiger partial charge in [0, 0.05) is 40.7 Å². The van der Waals surface area contributed by atoms with Crippen LogP contribution in [0.5, 0.6) is 5.75 Å². The Kier molecular flexibility index (Phi) is 4.02. The van der Waals surface area contributed by atoms with E-state index in [1.54, 1.807) is 42.6 Å². The van der Waals surface area contributed by atoms with Crippen molar-refractivity contribution in [3.63, 3.8) is 0 Å². The highest BCUT2D eigenvalue weighted by Crippen LogP contribution is 2.50. The molecular weight excluding hydrogens is 379 g/mol. The molecule has 0 bridgehead atoms. The van der Waals surface area contributed by atoms with Gasteiger partial charge in [0.15, 0.2) is 0 Å². The fourth-order valence-corrected chi connectivity index (χ4v) is 4.43. The van der Waals surface area contributed by atoms with E-state index in [9.17, 15) is 9.18 Å². The predicted molar refractivity (Wildman–Crippen MR) is 105 cm³/mol. The first-order chi connectivity index (χ1) is 13.5. The Morgan fingerprint density at radius 3 is 2.64 bits per heavy atom. The van der Waals surface area contributed by atoms with Gasteiger partial charge in [-0.2, -0.15) is 0 Å². The van der Waals surface area contributed by atoms with E-state index >= 15 is 0 Å². The molecule has 2 heterocycles. The summed E-state index contributed by atoms with van der Waals surface area (Å²) in [6.45, 7) is 1.50. The summed E-state index contributed by atoms with van der Waals surface area (Å²) in [6.07, 6.45) is 3.56. The molecule has 2 fully saturated rings. The molecule has 28 heavy (non-hydrogen) atoms. The molecule has 2 aliphatic rings. The second-order valence-electron chi connectivity index (χ2n) is 7.79. The number of halogens is 2. The molecule has 6 heteroatoms. The number of ether oxygens (including phenoxy) is 1. The minimum atomic E-state index is -0.300. The zero-order valence-corrected chi connectivity index (χ0v) is 15.8. The van der Waals surface area contributed by atoms with Gasteiger partial charge in [-0.3, -0.25) is 9.78 Å². The molecule has 0 unspecified atom stereocenters. The fourth-order valence-electron chi connectivity index (χ4n) is 4.31. The van der Waals surface area contributed by atoms with E-state index in [1.807, 2.05) is 4.90 Å². The number of hydrogen-bond acceptors (Lipinski definition) is 3. The van der Waals surface area contributed by atoms with Gasteiger partial charge >= 0.3 is 0 Å². The van der Waals surface area contributed by atoms with Crippen molar-refractivity contribution in [2.24, 2.45) is 5.41 Å². The highest BCUT2D eigenvalue weighted by atomic mass is 35.5. The summed E-state index contributed by atoms with van der Waals surface area (Å²) in [6, 6.07) is 13.3. The molecule has 0 radical (unpaired) electrons. The van der Waals surface area contributed by atoms with Crippen LogP contribution in [0.15, 0.2) is 54.7 Å². The SMILES string of the molecule is O=C(c1ccc(Cl)cc1)N1CC2(CC(Oc3ccnc4ccc(F)cc34)C2)C1. The summed E-state index contributed by atoms with van der Waals surface area (Å²) in [5.41, 5.74) is 1.54. The highest BCUT2D eigenvalue weighted by molar-refractivity contribution is 6.30. The number of hydrogen-bond donors (Lipinski definition) is 0. The molecule has 4 nitrogen and oxygen atoms in total. The number of fused-ring (bicyclic) bond motifs is 1. The monoisotopic (exact) mass is 396 g/mol. The summed E-state index contributed by atoms with van der Waals surface area (Å²) in [5, 5.41) is 1.32. The van der Waals surface area contributed by atoms with Crippen LogP contribution in [0.25, 0.3) is 10.9 Å². The molecule has 2 aromatic carbocycles. The molecule has 1 aliphatic heterocycles. The average Bonchev–Trinajstić information content (AvgIpc) is 2.63.